The van der Waals surface area contributed by atoms with Gasteiger partial charge in [0.15, 0.2) is 5.83 Å². The van der Waals surface area contributed by atoms with E-state index in [9.17, 15) is 19.1 Å². The van der Waals surface area contributed by atoms with Crippen LogP contribution < -0.4 is 0 Å². The second-order valence-electron chi connectivity index (χ2n) is 9.26. The third-order valence-corrected chi connectivity index (χ3v) is 8.46. The molecule has 4 nitrogen and oxygen atoms in total. The number of carboxylic acid groups (broad SMARTS) is 1. The zero-order valence-electron chi connectivity index (χ0n) is 15.3. The third-order valence-electron chi connectivity index (χ3n) is 8.46. The van der Waals surface area contributed by atoms with E-state index in [1.807, 2.05) is 0 Å². The molecule has 0 unspecified atom stereocenters. The molecule has 3 saturated carbocycles. The molecule has 25 heavy (non-hydrogen) atoms. The highest BCUT2D eigenvalue weighted by atomic mass is 19.1. The van der Waals surface area contributed by atoms with Crippen LogP contribution in [0.15, 0.2) is 11.9 Å². The molecule has 0 aromatic carbocycles. The summed E-state index contributed by atoms with van der Waals surface area (Å²) in [5.41, 5.74) is -0.465. The van der Waals surface area contributed by atoms with Crippen LogP contribution >= 0.6 is 0 Å². The highest BCUT2D eigenvalue weighted by Gasteiger charge is 2.62. The van der Waals surface area contributed by atoms with E-state index in [4.69, 9.17) is 0 Å². The number of aliphatic carboxylic acids is 1. The number of hydrogen-bond acceptors (Lipinski definition) is 2. The molecule has 1 amide bonds. The zero-order valence-corrected chi connectivity index (χ0v) is 15.3. The zero-order chi connectivity index (χ0) is 18.1. The molecule has 4 aliphatic rings. The lowest BCUT2D eigenvalue weighted by Crippen LogP contribution is -2.60. The standard InChI is InChI=1S/C20H28FNO3/c1-19-9-8-13-11(12(19)5-6-14(19)18(24)25)4-7-16-20(13,2)10-15(21)17(23)22(16)3/h10-14,16H,4-9H2,1-3H3,(H,24,25)/t11-,12-,13-,14+,16+,19-,20+/m0/s1. The number of carboxylic acids is 1. The van der Waals surface area contributed by atoms with E-state index >= 15 is 0 Å². The van der Waals surface area contributed by atoms with Gasteiger partial charge in [0.25, 0.3) is 5.91 Å². The summed E-state index contributed by atoms with van der Waals surface area (Å²) in [4.78, 5) is 25.4. The molecular formula is C20H28FNO3. The molecule has 7 atom stereocenters. The minimum Gasteiger partial charge on any atom is -0.481 e. The number of carbonyl (C=O) groups is 2. The lowest BCUT2D eigenvalue weighted by molar-refractivity contribution is -0.153. The fourth-order valence-electron chi connectivity index (χ4n) is 7.24. The number of rotatable bonds is 1. The molecule has 0 aromatic rings. The van der Waals surface area contributed by atoms with Crippen molar-refractivity contribution in [2.45, 2.75) is 58.4 Å². The molecule has 138 valence electrons. The predicted octanol–water partition coefficient (Wildman–Crippen LogP) is 3.62. The van der Waals surface area contributed by atoms with Crippen LogP contribution in [0.4, 0.5) is 4.39 Å². The van der Waals surface area contributed by atoms with Crippen molar-refractivity contribution in [2.75, 3.05) is 7.05 Å². The van der Waals surface area contributed by atoms with Gasteiger partial charge in [-0.05, 0) is 67.8 Å². The SMILES string of the molecule is CN1C(=O)C(F)=C[C@]2(C)[C@H]3CC[C@]4(C)[C@@H](C(=O)O)CC[C@H]4[C@@H]3CC[C@@H]12. The van der Waals surface area contributed by atoms with Crippen LogP contribution in [0.2, 0.25) is 0 Å². The Morgan fingerprint density at radius 2 is 1.92 bits per heavy atom. The maximum absolute atomic E-state index is 14.3. The lowest BCUT2D eigenvalue weighted by atomic mass is 9.47. The van der Waals surface area contributed by atoms with E-state index in [0.717, 1.165) is 38.5 Å². The molecule has 5 heteroatoms. The summed E-state index contributed by atoms with van der Waals surface area (Å²) < 4.78 is 14.3. The van der Waals surface area contributed by atoms with Crippen LogP contribution in [0.1, 0.15) is 52.4 Å². The Labute approximate surface area is 148 Å². The summed E-state index contributed by atoms with van der Waals surface area (Å²) in [6, 6.07) is 0.0572. The number of fused-ring (bicyclic) bond motifs is 5. The second-order valence-corrected chi connectivity index (χ2v) is 9.26. The first-order valence-corrected chi connectivity index (χ1v) is 9.58. The normalized spacial score (nSPS) is 49.1. The van der Waals surface area contributed by atoms with Crippen molar-refractivity contribution >= 4 is 11.9 Å². The van der Waals surface area contributed by atoms with Crippen LogP contribution in [-0.4, -0.2) is 35.0 Å². The first-order chi connectivity index (χ1) is 11.7. The number of hydrogen-bond donors (Lipinski definition) is 1. The van der Waals surface area contributed by atoms with Gasteiger partial charge in [-0.15, -0.1) is 0 Å². The quantitative estimate of drug-likeness (QED) is 0.786. The van der Waals surface area contributed by atoms with E-state index in [1.54, 1.807) is 18.0 Å². The number of likely N-dealkylation sites (N-methyl/N-ethyl adjacent to an activating group) is 1. The Hall–Kier alpha value is -1.39. The summed E-state index contributed by atoms with van der Waals surface area (Å²) in [7, 11) is 1.72. The Morgan fingerprint density at radius 3 is 2.60 bits per heavy atom. The summed E-state index contributed by atoms with van der Waals surface area (Å²) in [5, 5.41) is 9.65. The van der Waals surface area contributed by atoms with Crippen molar-refractivity contribution in [3.8, 4) is 0 Å². The molecule has 0 spiro atoms. The summed E-state index contributed by atoms with van der Waals surface area (Å²) in [6.45, 7) is 4.28. The molecule has 4 rings (SSSR count). The first kappa shape index (κ1) is 17.0. The topological polar surface area (TPSA) is 57.6 Å². The van der Waals surface area contributed by atoms with Crippen molar-refractivity contribution in [3.05, 3.63) is 11.9 Å². The average Bonchev–Trinajstić information content (AvgIpc) is 2.90. The van der Waals surface area contributed by atoms with Gasteiger partial charge in [0.05, 0.1) is 5.92 Å². The van der Waals surface area contributed by atoms with E-state index in [2.05, 4.69) is 13.8 Å². The van der Waals surface area contributed by atoms with Crippen LogP contribution in [0.5, 0.6) is 0 Å². The first-order valence-electron chi connectivity index (χ1n) is 9.58. The molecule has 1 heterocycles. The Bertz CT molecular complexity index is 661. The van der Waals surface area contributed by atoms with E-state index in [-0.39, 0.29) is 22.8 Å². The monoisotopic (exact) mass is 349 g/mol. The minimum absolute atomic E-state index is 0.0572. The van der Waals surface area contributed by atoms with Gasteiger partial charge in [0.1, 0.15) is 0 Å². The van der Waals surface area contributed by atoms with Crippen molar-refractivity contribution in [1.82, 2.24) is 4.90 Å². The largest absolute Gasteiger partial charge is 0.481 e. The van der Waals surface area contributed by atoms with Gasteiger partial charge in [-0.25, -0.2) is 4.39 Å². The molecule has 3 aliphatic carbocycles. The lowest BCUT2D eigenvalue weighted by Gasteiger charge is -2.60. The molecule has 0 bridgehead atoms. The maximum Gasteiger partial charge on any atom is 0.307 e. The van der Waals surface area contributed by atoms with Crippen LogP contribution in [0.25, 0.3) is 0 Å². The third kappa shape index (κ3) is 2.10. The Balaban J connectivity index is 1.70. The smallest absolute Gasteiger partial charge is 0.307 e. The van der Waals surface area contributed by atoms with Gasteiger partial charge in [-0.2, -0.15) is 0 Å². The number of nitrogens with zero attached hydrogens (tertiary/aromatic N) is 1. The van der Waals surface area contributed by atoms with Crippen LogP contribution in [0.3, 0.4) is 0 Å². The van der Waals surface area contributed by atoms with Crippen molar-refractivity contribution < 1.29 is 19.1 Å². The van der Waals surface area contributed by atoms with Gasteiger partial charge in [0.2, 0.25) is 0 Å². The Kier molecular flexibility index (Phi) is 3.62. The van der Waals surface area contributed by atoms with Crippen molar-refractivity contribution in [3.63, 3.8) is 0 Å². The highest BCUT2D eigenvalue weighted by molar-refractivity contribution is 5.92. The van der Waals surface area contributed by atoms with E-state index in [1.165, 1.54) is 0 Å². The molecule has 0 aromatic heterocycles. The molecule has 0 saturated heterocycles. The molecule has 1 N–H and O–H groups in total. The average molecular weight is 349 g/mol. The van der Waals surface area contributed by atoms with Gasteiger partial charge in [-0.3, -0.25) is 9.59 Å². The summed E-state index contributed by atoms with van der Waals surface area (Å²) in [5.74, 6) is -0.833. The van der Waals surface area contributed by atoms with E-state index < -0.39 is 17.7 Å². The van der Waals surface area contributed by atoms with Crippen LogP contribution in [-0.2, 0) is 9.59 Å². The van der Waals surface area contributed by atoms with Gasteiger partial charge >= 0.3 is 5.97 Å². The maximum atomic E-state index is 14.3. The fourth-order valence-corrected chi connectivity index (χ4v) is 7.24. The molecule has 1 aliphatic heterocycles. The van der Waals surface area contributed by atoms with Gasteiger partial charge in [-0.1, -0.05) is 13.8 Å². The van der Waals surface area contributed by atoms with Crippen molar-refractivity contribution in [1.29, 1.82) is 0 Å². The van der Waals surface area contributed by atoms with Crippen molar-refractivity contribution in [2.24, 2.45) is 34.5 Å². The number of carbonyl (C=O) groups excluding carboxylic acids is 1. The Morgan fingerprint density at radius 1 is 1.20 bits per heavy atom. The highest BCUT2D eigenvalue weighted by Crippen LogP contribution is 2.65. The van der Waals surface area contributed by atoms with Crippen LogP contribution in [0, 0.1) is 34.5 Å². The molecular weight excluding hydrogens is 321 g/mol. The number of amides is 1. The van der Waals surface area contributed by atoms with Gasteiger partial charge < -0.3 is 10.0 Å². The molecule has 0 radical (unpaired) electrons. The minimum atomic E-state index is -0.655. The van der Waals surface area contributed by atoms with E-state index in [0.29, 0.717) is 17.8 Å². The molecule has 3 fully saturated rings. The number of halogens is 1. The fraction of sp³-hybridized carbons (Fsp3) is 0.800. The predicted molar refractivity (Wildman–Crippen MR) is 91.3 cm³/mol. The summed E-state index contributed by atoms with van der Waals surface area (Å²) >= 11 is 0. The van der Waals surface area contributed by atoms with Gasteiger partial charge in [0, 0.05) is 18.5 Å². The summed E-state index contributed by atoms with van der Waals surface area (Å²) in [6.07, 6.45) is 7.06. The second kappa shape index (κ2) is 5.31.